The van der Waals surface area contributed by atoms with Crippen LogP contribution in [0.4, 0.5) is 0 Å². The summed E-state index contributed by atoms with van der Waals surface area (Å²) in [5.41, 5.74) is 0. The van der Waals surface area contributed by atoms with E-state index in [4.69, 9.17) is 9.31 Å². The van der Waals surface area contributed by atoms with Crippen molar-refractivity contribution in [3.63, 3.8) is 0 Å². The van der Waals surface area contributed by atoms with Crippen LogP contribution in [0.5, 0.6) is 5.75 Å². The molecular formula is C13H12BO2. The van der Waals surface area contributed by atoms with Crippen LogP contribution in [0.25, 0.3) is 10.8 Å². The molecule has 0 unspecified atom stereocenters. The monoisotopic (exact) mass is 211 g/mol. The molecule has 3 rings (SSSR count). The predicted molar refractivity (Wildman–Crippen MR) is 64.4 cm³/mol. The lowest BCUT2D eigenvalue weighted by Gasteiger charge is -2.07. The maximum Gasteiger partial charge on any atom is 0.572 e. The quantitative estimate of drug-likeness (QED) is 0.723. The first-order valence-corrected chi connectivity index (χ1v) is 5.55. The van der Waals surface area contributed by atoms with Crippen molar-refractivity contribution in [1.82, 2.24) is 0 Å². The Labute approximate surface area is 95.5 Å². The summed E-state index contributed by atoms with van der Waals surface area (Å²) in [6.07, 6.45) is 2.68. The Hall–Kier alpha value is -1.48. The van der Waals surface area contributed by atoms with Gasteiger partial charge in [-0.25, -0.2) is 0 Å². The van der Waals surface area contributed by atoms with Gasteiger partial charge in [-0.1, -0.05) is 36.4 Å². The van der Waals surface area contributed by atoms with Crippen molar-refractivity contribution in [3.05, 3.63) is 42.5 Å². The minimum Gasteiger partial charge on any atom is -0.537 e. The van der Waals surface area contributed by atoms with Gasteiger partial charge in [0.05, 0.1) is 0 Å². The van der Waals surface area contributed by atoms with Crippen molar-refractivity contribution < 1.29 is 9.31 Å². The zero-order valence-corrected chi connectivity index (χ0v) is 8.93. The highest BCUT2D eigenvalue weighted by Gasteiger charge is 2.23. The van der Waals surface area contributed by atoms with E-state index < -0.39 is 0 Å². The van der Waals surface area contributed by atoms with Crippen LogP contribution in [-0.4, -0.2) is 13.8 Å². The highest BCUT2D eigenvalue weighted by molar-refractivity contribution is 6.20. The second kappa shape index (κ2) is 4.18. The molecule has 1 fully saturated rings. The fraction of sp³-hybridized carbons (Fsp3) is 0.231. The maximum atomic E-state index is 5.52. The molecule has 0 N–H and O–H groups in total. The number of fused-ring (bicyclic) bond motifs is 1. The molecule has 2 aromatic rings. The first kappa shape index (κ1) is 9.73. The molecule has 0 aliphatic heterocycles. The van der Waals surface area contributed by atoms with Crippen molar-refractivity contribution in [3.8, 4) is 5.75 Å². The van der Waals surface area contributed by atoms with Gasteiger partial charge in [-0.3, -0.25) is 0 Å². The molecule has 79 valence electrons. The van der Waals surface area contributed by atoms with Crippen LogP contribution in [0, 0.1) is 0 Å². The first-order chi connectivity index (χ1) is 7.93. The van der Waals surface area contributed by atoms with E-state index in [1.165, 1.54) is 13.1 Å². The summed E-state index contributed by atoms with van der Waals surface area (Å²) in [4.78, 5) is 0. The molecule has 0 spiro atoms. The van der Waals surface area contributed by atoms with Crippen LogP contribution in [-0.2, 0) is 4.65 Å². The van der Waals surface area contributed by atoms with Gasteiger partial charge in [0, 0.05) is 11.5 Å². The Balaban J connectivity index is 1.79. The highest BCUT2D eigenvalue weighted by atomic mass is 16.6. The van der Waals surface area contributed by atoms with Crippen LogP contribution in [0.3, 0.4) is 0 Å². The zero-order chi connectivity index (χ0) is 10.8. The standard InChI is InChI=1S/C13H12BO2/c1-2-6-12-10(4-1)5-3-7-13(12)16-14-15-11-8-9-11/h1-7,11H,8-9H2. The minimum absolute atomic E-state index is 0.384. The normalized spacial score (nSPS) is 15.0. The van der Waals surface area contributed by atoms with Crippen LogP contribution in [0.1, 0.15) is 12.8 Å². The van der Waals surface area contributed by atoms with Gasteiger partial charge >= 0.3 is 7.69 Å². The third kappa shape index (κ3) is 2.04. The second-order valence-corrected chi connectivity index (χ2v) is 4.03. The van der Waals surface area contributed by atoms with Gasteiger partial charge < -0.3 is 9.31 Å². The Morgan fingerprint density at radius 3 is 2.69 bits per heavy atom. The van der Waals surface area contributed by atoms with Gasteiger partial charge in [-0.05, 0) is 24.3 Å². The average molecular weight is 211 g/mol. The molecule has 1 aliphatic carbocycles. The molecule has 1 saturated carbocycles. The van der Waals surface area contributed by atoms with Gasteiger partial charge in [-0.2, -0.15) is 0 Å². The van der Waals surface area contributed by atoms with Gasteiger partial charge in [0.25, 0.3) is 0 Å². The topological polar surface area (TPSA) is 18.5 Å². The average Bonchev–Trinajstić information content (AvgIpc) is 3.13. The predicted octanol–water partition coefficient (Wildman–Crippen LogP) is 2.93. The fourth-order valence-electron chi connectivity index (χ4n) is 1.66. The molecular weight excluding hydrogens is 199 g/mol. The largest absolute Gasteiger partial charge is 0.572 e. The Kier molecular flexibility index (Phi) is 2.54. The molecule has 0 saturated heterocycles. The number of hydrogen-bond acceptors (Lipinski definition) is 2. The van der Waals surface area contributed by atoms with Crippen molar-refractivity contribution in [2.24, 2.45) is 0 Å². The van der Waals surface area contributed by atoms with Crippen LogP contribution >= 0.6 is 0 Å². The van der Waals surface area contributed by atoms with E-state index >= 15 is 0 Å². The smallest absolute Gasteiger partial charge is 0.537 e. The first-order valence-electron chi connectivity index (χ1n) is 5.55. The Morgan fingerprint density at radius 2 is 1.81 bits per heavy atom. The number of rotatable bonds is 4. The Morgan fingerprint density at radius 1 is 1.00 bits per heavy atom. The lowest BCUT2D eigenvalue weighted by molar-refractivity contribution is 0.277. The van der Waals surface area contributed by atoms with Gasteiger partial charge in [0.2, 0.25) is 0 Å². The van der Waals surface area contributed by atoms with Crippen molar-refractivity contribution in [1.29, 1.82) is 0 Å². The fourth-order valence-corrected chi connectivity index (χ4v) is 1.66. The SMILES string of the molecule is [B](Oc1cccc2ccccc12)OC1CC1. The molecule has 3 heteroatoms. The number of benzene rings is 2. The molecule has 2 aromatic carbocycles. The molecule has 0 aromatic heterocycles. The van der Waals surface area contributed by atoms with E-state index in [0.717, 1.165) is 24.0 Å². The zero-order valence-electron chi connectivity index (χ0n) is 8.93. The van der Waals surface area contributed by atoms with E-state index in [1.807, 2.05) is 24.3 Å². The summed E-state index contributed by atoms with van der Waals surface area (Å²) in [5.74, 6) is 0.846. The van der Waals surface area contributed by atoms with Crippen molar-refractivity contribution >= 4 is 18.5 Å². The van der Waals surface area contributed by atoms with Crippen molar-refractivity contribution in [2.75, 3.05) is 0 Å². The van der Waals surface area contributed by atoms with E-state index in [2.05, 4.69) is 18.2 Å². The maximum absolute atomic E-state index is 5.52. The third-order valence-corrected chi connectivity index (χ3v) is 2.70. The summed E-state index contributed by atoms with van der Waals surface area (Å²) >= 11 is 0. The summed E-state index contributed by atoms with van der Waals surface area (Å²) in [6, 6.07) is 14.2. The van der Waals surface area contributed by atoms with E-state index in [0.29, 0.717) is 6.10 Å². The molecule has 1 aliphatic rings. The van der Waals surface area contributed by atoms with E-state index in [-0.39, 0.29) is 0 Å². The summed E-state index contributed by atoms with van der Waals surface area (Å²) in [5, 5.41) is 2.29. The van der Waals surface area contributed by atoms with E-state index in [1.54, 1.807) is 0 Å². The van der Waals surface area contributed by atoms with Crippen LogP contribution in [0.15, 0.2) is 42.5 Å². The van der Waals surface area contributed by atoms with Gasteiger partial charge in [0.1, 0.15) is 5.75 Å². The Bertz CT molecular complexity index is 489. The molecule has 16 heavy (non-hydrogen) atoms. The van der Waals surface area contributed by atoms with Crippen LogP contribution in [0.2, 0.25) is 0 Å². The minimum atomic E-state index is 0.384. The van der Waals surface area contributed by atoms with Crippen LogP contribution < -0.4 is 4.65 Å². The lowest BCUT2D eigenvalue weighted by Crippen LogP contribution is -2.09. The lowest BCUT2D eigenvalue weighted by atomic mass is 10.1. The molecule has 0 atom stereocenters. The summed E-state index contributed by atoms with van der Waals surface area (Å²) in [7, 11) is 1.46. The molecule has 2 nitrogen and oxygen atoms in total. The third-order valence-electron chi connectivity index (χ3n) is 2.70. The van der Waals surface area contributed by atoms with Gasteiger partial charge in [0.15, 0.2) is 0 Å². The summed E-state index contributed by atoms with van der Waals surface area (Å²) in [6.45, 7) is 0. The van der Waals surface area contributed by atoms with Gasteiger partial charge in [-0.15, -0.1) is 0 Å². The van der Waals surface area contributed by atoms with E-state index in [9.17, 15) is 0 Å². The summed E-state index contributed by atoms with van der Waals surface area (Å²) < 4.78 is 10.9. The molecule has 0 heterocycles. The molecule has 0 amide bonds. The molecule has 1 radical (unpaired) electrons. The number of hydrogen-bond donors (Lipinski definition) is 0. The highest BCUT2D eigenvalue weighted by Crippen LogP contribution is 2.26. The molecule has 0 bridgehead atoms. The van der Waals surface area contributed by atoms with Crippen molar-refractivity contribution in [2.45, 2.75) is 18.9 Å². The second-order valence-electron chi connectivity index (χ2n) is 4.03.